The first-order valence-corrected chi connectivity index (χ1v) is 14.4. The van der Waals surface area contributed by atoms with E-state index in [2.05, 4.69) is 37.2 Å². The van der Waals surface area contributed by atoms with E-state index in [1.165, 1.54) is 5.56 Å². The van der Waals surface area contributed by atoms with Gasteiger partial charge in [0.25, 0.3) is 0 Å². The number of nitrogens with zero attached hydrogens (tertiary/aromatic N) is 6. The number of fused-ring (bicyclic) bond motifs is 1. The maximum atomic E-state index is 12.0. The summed E-state index contributed by atoms with van der Waals surface area (Å²) in [5.41, 5.74) is 2.71. The predicted molar refractivity (Wildman–Crippen MR) is 140 cm³/mol. The molecule has 0 saturated carbocycles. The van der Waals surface area contributed by atoms with Crippen LogP contribution in [0.2, 0.25) is 0 Å². The first-order valence-electron chi connectivity index (χ1n) is 11.9. The van der Waals surface area contributed by atoms with Crippen molar-refractivity contribution in [2.45, 2.75) is 36.6 Å². The summed E-state index contributed by atoms with van der Waals surface area (Å²) >= 11 is 1.65. The van der Waals surface area contributed by atoms with Crippen molar-refractivity contribution in [2.75, 3.05) is 47.5 Å². The highest BCUT2D eigenvalue weighted by atomic mass is 32.2. The zero-order valence-corrected chi connectivity index (χ0v) is 21.4. The molecule has 35 heavy (non-hydrogen) atoms. The van der Waals surface area contributed by atoms with E-state index >= 15 is 0 Å². The third kappa shape index (κ3) is 5.72. The number of rotatable bonds is 6. The number of nitrogens with one attached hydrogen (secondary N) is 1. The van der Waals surface area contributed by atoms with Gasteiger partial charge in [-0.2, -0.15) is 4.98 Å². The van der Waals surface area contributed by atoms with Gasteiger partial charge in [-0.25, -0.2) is 15.0 Å². The normalized spacial score (nSPS) is 17.6. The molecule has 1 amide bonds. The minimum atomic E-state index is -0.783. The van der Waals surface area contributed by atoms with E-state index in [0.29, 0.717) is 30.5 Å². The van der Waals surface area contributed by atoms with Crippen LogP contribution in [-0.2, 0) is 21.3 Å². The molecule has 184 valence electrons. The van der Waals surface area contributed by atoms with Crippen molar-refractivity contribution >= 4 is 51.3 Å². The number of thioether (sulfide) groups is 1. The van der Waals surface area contributed by atoms with E-state index in [1.54, 1.807) is 25.0 Å². The number of piperidine rings is 1. The molecule has 9 nitrogen and oxygen atoms in total. The summed E-state index contributed by atoms with van der Waals surface area (Å²) in [7, 11) is -0.783. The number of aromatic nitrogens is 4. The van der Waals surface area contributed by atoms with Crippen LogP contribution in [-0.4, -0.2) is 73.8 Å². The van der Waals surface area contributed by atoms with Crippen LogP contribution < -0.4 is 15.1 Å². The van der Waals surface area contributed by atoms with Crippen molar-refractivity contribution in [1.29, 1.82) is 0 Å². The van der Waals surface area contributed by atoms with Gasteiger partial charge in [-0.1, -0.05) is 42.1 Å². The van der Waals surface area contributed by atoms with E-state index in [-0.39, 0.29) is 11.9 Å². The molecule has 5 rings (SSSR count). The standard InChI is InChI=1S/C24H29N7O2S2/c1-17(32)27-19-7-9-31(10-8-19)24-28-21-20(22(29-24)30-11-13-35(33)14-12-30)25-16-26-23(21)34-15-18-5-3-2-4-6-18/h2-6,16,19H,7-15H2,1H3,(H,27,32). The monoisotopic (exact) mass is 511 g/mol. The molecule has 3 aromatic rings. The summed E-state index contributed by atoms with van der Waals surface area (Å²) in [6, 6.07) is 10.5. The van der Waals surface area contributed by atoms with Crippen LogP contribution in [0.5, 0.6) is 0 Å². The van der Waals surface area contributed by atoms with Gasteiger partial charge in [-0.3, -0.25) is 9.00 Å². The van der Waals surface area contributed by atoms with Gasteiger partial charge in [-0.05, 0) is 18.4 Å². The zero-order valence-electron chi connectivity index (χ0n) is 19.7. The van der Waals surface area contributed by atoms with Crippen LogP contribution in [0.25, 0.3) is 11.0 Å². The number of benzene rings is 1. The van der Waals surface area contributed by atoms with Gasteiger partial charge in [0.15, 0.2) is 5.82 Å². The van der Waals surface area contributed by atoms with E-state index in [4.69, 9.17) is 9.97 Å². The second kappa shape index (κ2) is 10.9. The maximum absolute atomic E-state index is 12.0. The van der Waals surface area contributed by atoms with E-state index < -0.39 is 10.8 Å². The van der Waals surface area contributed by atoms with E-state index in [1.807, 2.05) is 18.2 Å². The Morgan fingerprint density at radius 1 is 1.03 bits per heavy atom. The Kier molecular flexibility index (Phi) is 7.43. The van der Waals surface area contributed by atoms with Crippen LogP contribution in [0.1, 0.15) is 25.3 Å². The molecule has 2 aliphatic rings. The van der Waals surface area contributed by atoms with Crippen molar-refractivity contribution < 1.29 is 9.00 Å². The minimum Gasteiger partial charge on any atom is -0.353 e. The summed E-state index contributed by atoms with van der Waals surface area (Å²) in [6.45, 7) is 4.45. The van der Waals surface area contributed by atoms with Crippen LogP contribution in [0.4, 0.5) is 11.8 Å². The van der Waals surface area contributed by atoms with E-state index in [0.717, 1.165) is 53.6 Å². The highest BCUT2D eigenvalue weighted by Gasteiger charge is 2.26. The molecule has 0 unspecified atom stereocenters. The minimum absolute atomic E-state index is 0.00686. The topological polar surface area (TPSA) is 104 Å². The molecule has 11 heteroatoms. The van der Waals surface area contributed by atoms with Gasteiger partial charge < -0.3 is 15.1 Å². The van der Waals surface area contributed by atoms with Crippen LogP contribution in [0.15, 0.2) is 41.7 Å². The van der Waals surface area contributed by atoms with Gasteiger partial charge in [0.1, 0.15) is 22.4 Å². The fourth-order valence-electron chi connectivity index (χ4n) is 4.45. The number of hydrogen-bond acceptors (Lipinski definition) is 9. The summed E-state index contributed by atoms with van der Waals surface area (Å²) in [5.74, 6) is 3.50. The second-order valence-corrected chi connectivity index (χ2v) is 11.5. The summed E-state index contributed by atoms with van der Waals surface area (Å²) in [6.07, 6.45) is 3.28. The highest BCUT2D eigenvalue weighted by molar-refractivity contribution is 7.98. The van der Waals surface area contributed by atoms with E-state index in [9.17, 15) is 9.00 Å². The maximum Gasteiger partial charge on any atom is 0.228 e. The molecule has 0 radical (unpaired) electrons. The lowest BCUT2D eigenvalue weighted by Gasteiger charge is -2.33. The Bertz CT molecular complexity index is 1210. The van der Waals surface area contributed by atoms with Crippen LogP contribution >= 0.6 is 11.8 Å². The highest BCUT2D eigenvalue weighted by Crippen LogP contribution is 2.33. The number of anilines is 2. The second-order valence-electron chi connectivity index (χ2n) is 8.79. The first kappa shape index (κ1) is 23.9. The van der Waals surface area contributed by atoms with Gasteiger partial charge in [-0.15, -0.1) is 0 Å². The lowest BCUT2D eigenvalue weighted by atomic mass is 10.1. The van der Waals surface area contributed by atoms with Gasteiger partial charge in [0.05, 0.1) is 0 Å². The van der Waals surface area contributed by atoms with Crippen molar-refractivity contribution in [3.8, 4) is 0 Å². The Hall–Kier alpha value is -2.79. The van der Waals surface area contributed by atoms with Gasteiger partial charge in [0, 0.05) is 67.2 Å². The molecule has 0 spiro atoms. The summed E-state index contributed by atoms with van der Waals surface area (Å²) in [5, 5.41) is 3.86. The molecule has 4 heterocycles. The Morgan fingerprint density at radius 2 is 1.77 bits per heavy atom. The third-order valence-electron chi connectivity index (χ3n) is 6.30. The molecule has 0 aliphatic carbocycles. The smallest absolute Gasteiger partial charge is 0.228 e. The predicted octanol–water partition coefficient (Wildman–Crippen LogP) is 2.39. The third-order valence-corrected chi connectivity index (χ3v) is 8.62. The number of hydrogen-bond donors (Lipinski definition) is 1. The lowest BCUT2D eigenvalue weighted by Crippen LogP contribution is -2.45. The molecule has 2 aliphatic heterocycles. The van der Waals surface area contributed by atoms with Crippen molar-refractivity contribution in [1.82, 2.24) is 25.3 Å². The first-order chi connectivity index (χ1) is 17.1. The van der Waals surface area contributed by atoms with Gasteiger partial charge in [0.2, 0.25) is 11.9 Å². The molecular formula is C24H29N7O2S2. The quantitative estimate of drug-likeness (QED) is 0.395. The fourth-order valence-corrected chi connectivity index (χ4v) is 6.40. The summed E-state index contributed by atoms with van der Waals surface area (Å²) in [4.78, 5) is 34.9. The fraction of sp³-hybridized carbons (Fsp3) is 0.458. The number of amides is 1. The number of carbonyl (C=O) groups is 1. The molecular weight excluding hydrogens is 482 g/mol. The average molecular weight is 512 g/mol. The Balaban J connectivity index is 1.48. The van der Waals surface area contributed by atoms with Crippen molar-refractivity contribution in [2.24, 2.45) is 0 Å². The van der Waals surface area contributed by atoms with Crippen molar-refractivity contribution in [3.63, 3.8) is 0 Å². The summed E-state index contributed by atoms with van der Waals surface area (Å²) < 4.78 is 12.0. The van der Waals surface area contributed by atoms with Crippen LogP contribution in [0, 0.1) is 0 Å². The van der Waals surface area contributed by atoms with Crippen molar-refractivity contribution in [3.05, 3.63) is 42.2 Å². The molecule has 1 aromatic carbocycles. The molecule has 2 aromatic heterocycles. The van der Waals surface area contributed by atoms with Gasteiger partial charge >= 0.3 is 0 Å². The Morgan fingerprint density at radius 3 is 2.49 bits per heavy atom. The molecule has 0 bridgehead atoms. The molecule has 0 atom stereocenters. The molecule has 2 saturated heterocycles. The van der Waals surface area contributed by atoms with Crippen LogP contribution in [0.3, 0.4) is 0 Å². The zero-order chi connectivity index (χ0) is 24.2. The molecule has 1 N–H and O–H groups in total. The average Bonchev–Trinajstić information content (AvgIpc) is 2.88. The lowest BCUT2D eigenvalue weighted by molar-refractivity contribution is -0.119. The largest absolute Gasteiger partial charge is 0.353 e. The Labute approximate surface area is 211 Å². The SMILES string of the molecule is CC(=O)NC1CCN(c2nc(N3CCS(=O)CC3)c3ncnc(SCc4ccccc4)c3n2)CC1. The molecule has 2 fully saturated rings. The number of carbonyl (C=O) groups excluding carboxylic acids is 1.